The Hall–Kier alpha value is -1.39. The van der Waals surface area contributed by atoms with E-state index in [2.05, 4.69) is 18.3 Å². The van der Waals surface area contributed by atoms with Crippen LogP contribution in [0.1, 0.15) is 36.3 Å². The van der Waals surface area contributed by atoms with Crippen LogP contribution >= 0.6 is 11.3 Å². The van der Waals surface area contributed by atoms with E-state index < -0.39 is 0 Å². The standard InChI is InChI=1S/C17H22N2OS/c1-12-16(11-18-14-7-3-4-8-14)21-17(19-12)13-6-5-9-15(10-13)20-2/h5-6,9-10,14,18H,3-4,7-8,11H2,1-2H3. The summed E-state index contributed by atoms with van der Waals surface area (Å²) in [6.07, 6.45) is 5.38. The molecule has 3 nitrogen and oxygen atoms in total. The Kier molecular flexibility index (Phi) is 4.56. The third-order valence-corrected chi connectivity index (χ3v) is 5.32. The van der Waals surface area contributed by atoms with Crippen LogP contribution in [0.2, 0.25) is 0 Å². The molecule has 0 amide bonds. The zero-order valence-electron chi connectivity index (χ0n) is 12.7. The Balaban J connectivity index is 1.73. The van der Waals surface area contributed by atoms with E-state index in [1.165, 1.54) is 30.6 Å². The highest BCUT2D eigenvalue weighted by molar-refractivity contribution is 7.15. The first kappa shape index (κ1) is 14.5. The summed E-state index contributed by atoms with van der Waals surface area (Å²) in [5, 5.41) is 4.75. The highest BCUT2D eigenvalue weighted by atomic mass is 32.1. The average molecular weight is 302 g/mol. The Bertz CT molecular complexity index is 603. The van der Waals surface area contributed by atoms with Gasteiger partial charge in [-0.25, -0.2) is 4.98 Å². The van der Waals surface area contributed by atoms with Crippen molar-refractivity contribution >= 4 is 11.3 Å². The fourth-order valence-corrected chi connectivity index (χ4v) is 3.85. The number of hydrogen-bond acceptors (Lipinski definition) is 4. The molecular weight excluding hydrogens is 280 g/mol. The number of methoxy groups -OCH3 is 1. The summed E-state index contributed by atoms with van der Waals surface area (Å²) in [5.41, 5.74) is 2.28. The number of benzene rings is 1. The fourth-order valence-electron chi connectivity index (χ4n) is 2.84. The van der Waals surface area contributed by atoms with Gasteiger partial charge in [0.2, 0.25) is 0 Å². The van der Waals surface area contributed by atoms with Crippen molar-refractivity contribution in [3.63, 3.8) is 0 Å². The molecule has 21 heavy (non-hydrogen) atoms. The molecule has 1 aromatic heterocycles. The smallest absolute Gasteiger partial charge is 0.124 e. The lowest BCUT2D eigenvalue weighted by atomic mass is 10.2. The van der Waals surface area contributed by atoms with Gasteiger partial charge in [0, 0.05) is 23.0 Å². The molecule has 0 atom stereocenters. The molecule has 2 aromatic rings. The number of hydrogen-bond donors (Lipinski definition) is 1. The molecule has 1 fully saturated rings. The molecule has 1 aromatic carbocycles. The first-order chi connectivity index (χ1) is 10.3. The quantitative estimate of drug-likeness (QED) is 0.900. The van der Waals surface area contributed by atoms with Crippen LogP contribution in [0.3, 0.4) is 0 Å². The number of nitrogens with one attached hydrogen (secondary N) is 1. The molecule has 0 spiro atoms. The van der Waals surface area contributed by atoms with Crippen LogP contribution in [-0.2, 0) is 6.54 Å². The van der Waals surface area contributed by atoms with E-state index >= 15 is 0 Å². The summed E-state index contributed by atoms with van der Waals surface area (Å²) in [7, 11) is 1.70. The molecule has 1 saturated carbocycles. The number of rotatable bonds is 5. The number of aromatic nitrogens is 1. The molecule has 1 aliphatic rings. The van der Waals surface area contributed by atoms with Gasteiger partial charge < -0.3 is 10.1 Å². The minimum Gasteiger partial charge on any atom is -0.497 e. The number of thiazole rings is 1. The molecule has 0 saturated heterocycles. The summed E-state index contributed by atoms with van der Waals surface area (Å²) < 4.78 is 5.29. The maximum absolute atomic E-state index is 5.29. The highest BCUT2D eigenvalue weighted by Gasteiger charge is 2.16. The van der Waals surface area contributed by atoms with Gasteiger partial charge in [-0.2, -0.15) is 0 Å². The summed E-state index contributed by atoms with van der Waals surface area (Å²) in [6.45, 7) is 3.05. The van der Waals surface area contributed by atoms with E-state index in [1.54, 1.807) is 18.4 Å². The van der Waals surface area contributed by atoms with Crippen molar-refractivity contribution in [3.05, 3.63) is 34.8 Å². The van der Waals surface area contributed by atoms with Crippen LogP contribution in [0.5, 0.6) is 5.75 Å². The fraction of sp³-hybridized carbons (Fsp3) is 0.471. The van der Waals surface area contributed by atoms with Gasteiger partial charge in [0.15, 0.2) is 0 Å². The highest BCUT2D eigenvalue weighted by Crippen LogP contribution is 2.30. The lowest BCUT2D eigenvalue weighted by Gasteiger charge is -2.10. The second kappa shape index (κ2) is 6.58. The van der Waals surface area contributed by atoms with E-state index in [9.17, 15) is 0 Å². The summed E-state index contributed by atoms with van der Waals surface area (Å²) >= 11 is 1.79. The van der Waals surface area contributed by atoms with Crippen molar-refractivity contribution in [1.29, 1.82) is 0 Å². The Morgan fingerprint density at radius 2 is 2.14 bits per heavy atom. The van der Waals surface area contributed by atoms with Gasteiger partial charge in [-0.05, 0) is 31.9 Å². The molecule has 1 N–H and O–H groups in total. The summed E-state index contributed by atoms with van der Waals surface area (Å²) in [6, 6.07) is 8.82. The first-order valence-corrected chi connectivity index (χ1v) is 8.42. The van der Waals surface area contributed by atoms with E-state index in [-0.39, 0.29) is 0 Å². The molecule has 0 aliphatic heterocycles. The molecule has 1 heterocycles. The van der Waals surface area contributed by atoms with Gasteiger partial charge in [0.25, 0.3) is 0 Å². The summed E-state index contributed by atoms with van der Waals surface area (Å²) in [4.78, 5) is 6.07. The molecule has 4 heteroatoms. The van der Waals surface area contributed by atoms with Gasteiger partial charge >= 0.3 is 0 Å². The number of nitrogens with zero attached hydrogens (tertiary/aromatic N) is 1. The van der Waals surface area contributed by atoms with Crippen molar-refractivity contribution in [3.8, 4) is 16.3 Å². The Morgan fingerprint density at radius 1 is 1.33 bits per heavy atom. The van der Waals surface area contributed by atoms with E-state index in [4.69, 9.17) is 9.72 Å². The molecule has 3 rings (SSSR count). The van der Waals surface area contributed by atoms with Crippen LogP contribution in [-0.4, -0.2) is 18.1 Å². The number of ether oxygens (including phenoxy) is 1. The SMILES string of the molecule is COc1cccc(-c2nc(C)c(CNC3CCCC3)s2)c1. The van der Waals surface area contributed by atoms with E-state index in [0.29, 0.717) is 6.04 Å². The first-order valence-electron chi connectivity index (χ1n) is 7.60. The zero-order valence-corrected chi connectivity index (χ0v) is 13.5. The molecule has 0 bridgehead atoms. The molecule has 0 unspecified atom stereocenters. The lowest BCUT2D eigenvalue weighted by molar-refractivity contribution is 0.415. The van der Waals surface area contributed by atoms with Gasteiger partial charge in [-0.3, -0.25) is 0 Å². The molecule has 0 radical (unpaired) electrons. The van der Waals surface area contributed by atoms with E-state index in [0.717, 1.165) is 28.6 Å². The Morgan fingerprint density at radius 3 is 2.90 bits per heavy atom. The maximum Gasteiger partial charge on any atom is 0.124 e. The zero-order chi connectivity index (χ0) is 14.7. The van der Waals surface area contributed by atoms with Gasteiger partial charge in [0.05, 0.1) is 12.8 Å². The van der Waals surface area contributed by atoms with Crippen LogP contribution in [0.25, 0.3) is 10.6 Å². The van der Waals surface area contributed by atoms with Gasteiger partial charge in [0.1, 0.15) is 10.8 Å². The monoisotopic (exact) mass is 302 g/mol. The van der Waals surface area contributed by atoms with Crippen molar-refractivity contribution in [1.82, 2.24) is 10.3 Å². The van der Waals surface area contributed by atoms with Crippen molar-refractivity contribution in [2.45, 2.75) is 45.2 Å². The maximum atomic E-state index is 5.29. The molecule has 1 aliphatic carbocycles. The largest absolute Gasteiger partial charge is 0.497 e. The average Bonchev–Trinajstić information content (AvgIpc) is 3.15. The number of aryl methyl sites for hydroxylation is 1. The van der Waals surface area contributed by atoms with Crippen molar-refractivity contribution < 1.29 is 4.74 Å². The second-order valence-corrected chi connectivity index (χ2v) is 6.71. The lowest BCUT2D eigenvalue weighted by Crippen LogP contribution is -2.25. The van der Waals surface area contributed by atoms with Crippen molar-refractivity contribution in [2.24, 2.45) is 0 Å². The Labute approximate surface area is 130 Å². The van der Waals surface area contributed by atoms with Crippen LogP contribution in [0.4, 0.5) is 0 Å². The van der Waals surface area contributed by atoms with Crippen LogP contribution < -0.4 is 10.1 Å². The van der Waals surface area contributed by atoms with Crippen LogP contribution in [0.15, 0.2) is 24.3 Å². The second-order valence-electron chi connectivity index (χ2n) is 5.62. The third-order valence-electron chi connectivity index (χ3n) is 4.12. The third kappa shape index (κ3) is 3.44. The molecular formula is C17H22N2OS. The van der Waals surface area contributed by atoms with Gasteiger partial charge in [-0.1, -0.05) is 25.0 Å². The van der Waals surface area contributed by atoms with Crippen molar-refractivity contribution in [2.75, 3.05) is 7.11 Å². The van der Waals surface area contributed by atoms with Gasteiger partial charge in [-0.15, -0.1) is 11.3 Å². The minimum atomic E-state index is 0.701. The topological polar surface area (TPSA) is 34.1 Å². The predicted octanol–water partition coefficient (Wildman–Crippen LogP) is 4.16. The predicted molar refractivity (Wildman–Crippen MR) is 87.9 cm³/mol. The summed E-state index contributed by atoms with van der Waals surface area (Å²) in [5.74, 6) is 0.881. The normalized spacial score (nSPS) is 15.5. The van der Waals surface area contributed by atoms with Crippen LogP contribution in [0, 0.1) is 6.92 Å². The van der Waals surface area contributed by atoms with E-state index in [1.807, 2.05) is 18.2 Å². The minimum absolute atomic E-state index is 0.701. The molecule has 112 valence electrons.